The number of aliphatic hydroxyl groups is 1. The van der Waals surface area contributed by atoms with E-state index in [0.29, 0.717) is 0 Å². The van der Waals surface area contributed by atoms with Crippen molar-refractivity contribution in [2.45, 2.75) is 26.0 Å². The molecule has 124 valence electrons. The van der Waals surface area contributed by atoms with Crippen molar-refractivity contribution in [1.29, 1.82) is 0 Å². The predicted octanol–water partition coefficient (Wildman–Crippen LogP) is 3.83. The van der Waals surface area contributed by atoms with Crippen molar-refractivity contribution < 1.29 is 9.84 Å². The van der Waals surface area contributed by atoms with Crippen LogP contribution in [0.4, 0.5) is 0 Å². The molecule has 0 aliphatic carbocycles. The molecule has 24 heavy (non-hydrogen) atoms. The Balaban J connectivity index is 2.05. The fraction of sp³-hybridized carbons (Fsp3) is 0.250. The van der Waals surface area contributed by atoms with Crippen LogP contribution in [0.1, 0.15) is 34.7 Å². The Morgan fingerprint density at radius 2 is 1.62 bits per heavy atom. The maximum Gasteiger partial charge on any atom is 0.118 e. The molecule has 0 saturated heterocycles. The summed E-state index contributed by atoms with van der Waals surface area (Å²) in [4.78, 5) is 0. The zero-order valence-corrected chi connectivity index (χ0v) is 14.2. The molecule has 0 saturated carbocycles. The summed E-state index contributed by atoms with van der Waals surface area (Å²) in [6.45, 7) is 3.97. The van der Waals surface area contributed by atoms with Crippen molar-refractivity contribution in [3.63, 3.8) is 0 Å². The van der Waals surface area contributed by atoms with Gasteiger partial charge in [0.2, 0.25) is 0 Å². The summed E-state index contributed by atoms with van der Waals surface area (Å²) in [5, 5.41) is 15.7. The predicted molar refractivity (Wildman–Crippen MR) is 94.2 cm³/mol. The van der Waals surface area contributed by atoms with Gasteiger partial charge in [-0.25, -0.2) is 0 Å². The Bertz CT molecular complexity index is 794. The first-order chi connectivity index (χ1) is 11.6. The first kappa shape index (κ1) is 16.3. The molecule has 0 fully saturated rings. The van der Waals surface area contributed by atoms with E-state index in [2.05, 4.69) is 5.10 Å². The van der Waals surface area contributed by atoms with Crippen LogP contribution in [0.5, 0.6) is 5.75 Å². The number of aromatic nitrogens is 2. The van der Waals surface area contributed by atoms with Crippen LogP contribution in [0, 0.1) is 13.8 Å². The highest BCUT2D eigenvalue weighted by molar-refractivity contribution is 5.32. The lowest BCUT2D eigenvalue weighted by molar-refractivity contribution is 0.124. The summed E-state index contributed by atoms with van der Waals surface area (Å²) in [6, 6.07) is 19.2. The summed E-state index contributed by atoms with van der Waals surface area (Å²) in [5.74, 6) is 0.772. The maximum absolute atomic E-state index is 11.1. The minimum atomic E-state index is -0.712. The van der Waals surface area contributed by atoms with Crippen molar-refractivity contribution in [2.75, 3.05) is 7.11 Å². The second kappa shape index (κ2) is 6.89. The van der Waals surface area contributed by atoms with E-state index in [1.165, 1.54) is 0 Å². The van der Waals surface area contributed by atoms with E-state index in [1.54, 1.807) is 7.11 Å². The normalized spacial score (nSPS) is 13.5. The first-order valence-corrected chi connectivity index (χ1v) is 8.00. The van der Waals surface area contributed by atoms with Crippen LogP contribution < -0.4 is 4.74 Å². The minimum absolute atomic E-state index is 0.284. The van der Waals surface area contributed by atoms with Gasteiger partial charge < -0.3 is 9.84 Å². The third-order valence-electron chi connectivity index (χ3n) is 4.21. The average Bonchev–Trinajstić information content (AvgIpc) is 2.94. The van der Waals surface area contributed by atoms with Crippen LogP contribution in [0.3, 0.4) is 0 Å². The first-order valence-electron chi connectivity index (χ1n) is 8.00. The molecule has 1 heterocycles. The Hall–Kier alpha value is -2.59. The highest BCUT2D eigenvalue weighted by Crippen LogP contribution is 2.33. The largest absolute Gasteiger partial charge is 0.497 e. The van der Waals surface area contributed by atoms with Gasteiger partial charge in [-0.2, -0.15) is 5.10 Å². The smallest absolute Gasteiger partial charge is 0.118 e. The van der Waals surface area contributed by atoms with Crippen molar-refractivity contribution in [1.82, 2.24) is 9.78 Å². The number of rotatable bonds is 5. The molecular weight excluding hydrogens is 300 g/mol. The molecule has 2 atom stereocenters. The van der Waals surface area contributed by atoms with Gasteiger partial charge in [-0.05, 0) is 43.2 Å². The summed E-state index contributed by atoms with van der Waals surface area (Å²) < 4.78 is 7.10. The molecule has 0 amide bonds. The third-order valence-corrected chi connectivity index (χ3v) is 4.21. The number of nitrogens with zero attached hydrogens (tertiary/aromatic N) is 2. The zero-order valence-electron chi connectivity index (χ0n) is 14.2. The van der Waals surface area contributed by atoms with E-state index in [-0.39, 0.29) is 6.04 Å². The van der Waals surface area contributed by atoms with Gasteiger partial charge in [0, 0.05) is 5.69 Å². The molecule has 0 radical (unpaired) electrons. The van der Waals surface area contributed by atoms with Gasteiger partial charge in [0.05, 0.1) is 12.8 Å². The van der Waals surface area contributed by atoms with Gasteiger partial charge in [-0.15, -0.1) is 0 Å². The van der Waals surface area contributed by atoms with E-state index in [0.717, 1.165) is 28.3 Å². The van der Waals surface area contributed by atoms with Crippen molar-refractivity contribution in [3.8, 4) is 5.75 Å². The maximum atomic E-state index is 11.1. The quantitative estimate of drug-likeness (QED) is 0.776. The van der Waals surface area contributed by atoms with Gasteiger partial charge in [0.25, 0.3) is 0 Å². The number of benzene rings is 2. The lowest BCUT2D eigenvalue weighted by Gasteiger charge is -2.25. The van der Waals surface area contributed by atoms with E-state index in [1.807, 2.05) is 79.2 Å². The number of ether oxygens (including phenoxy) is 1. The second-order valence-corrected chi connectivity index (χ2v) is 5.95. The second-order valence-electron chi connectivity index (χ2n) is 5.95. The van der Waals surface area contributed by atoms with Crippen LogP contribution in [-0.4, -0.2) is 22.0 Å². The molecule has 2 aromatic carbocycles. The highest BCUT2D eigenvalue weighted by atomic mass is 16.5. The summed E-state index contributed by atoms with van der Waals surface area (Å²) in [5.41, 5.74) is 3.81. The lowest BCUT2D eigenvalue weighted by Crippen LogP contribution is -2.21. The number of methoxy groups -OCH3 is 1. The van der Waals surface area contributed by atoms with Crippen molar-refractivity contribution >= 4 is 0 Å². The molecule has 0 spiro atoms. The molecule has 0 aliphatic rings. The average molecular weight is 322 g/mol. The molecule has 0 unspecified atom stereocenters. The van der Waals surface area contributed by atoms with Gasteiger partial charge in [0.15, 0.2) is 0 Å². The standard InChI is InChI=1S/C20H22N2O2/c1-14-13-15(2)22(21-14)19(16-7-5-4-6-8-16)20(23)17-9-11-18(24-3)12-10-17/h4-13,19-20,23H,1-3H3/t19-,20-/m1/s1. The Morgan fingerprint density at radius 1 is 0.958 bits per heavy atom. The lowest BCUT2D eigenvalue weighted by atomic mass is 9.95. The highest BCUT2D eigenvalue weighted by Gasteiger charge is 2.26. The third kappa shape index (κ3) is 3.19. The van der Waals surface area contributed by atoms with E-state index < -0.39 is 6.10 Å². The minimum Gasteiger partial charge on any atom is -0.497 e. The molecule has 1 aromatic heterocycles. The Morgan fingerprint density at radius 3 is 2.17 bits per heavy atom. The van der Waals surface area contributed by atoms with Gasteiger partial charge >= 0.3 is 0 Å². The molecule has 4 heteroatoms. The summed E-state index contributed by atoms with van der Waals surface area (Å²) >= 11 is 0. The number of aliphatic hydroxyl groups excluding tert-OH is 1. The Labute approximate surface area is 142 Å². The number of hydrogen-bond acceptors (Lipinski definition) is 3. The van der Waals surface area contributed by atoms with Crippen molar-refractivity contribution in [3.05, 3.63) is 83.2 Å². The van der Waals surface area contributed by atoms with Gasteiger partial charge in [-0.1, -0.05) is 42.5 Å². The summed E-state index contributed by atoms with van der Waals surface area (Å²) in [6.07, 6.45) is -0.712. The van der Waals surface area contributed by atoms with E-state index in [9.17, 15) is 5.11 Å². The molecule has 4 nitrogen and oxygen atoms in total. The van der Waals surface area contributed by atoms with Crippen LogP contribution >= 0.6 is 0 Å². The van der Waals surface area contributed by atoms with E-state index in [4.69, 9.17) is 4.74 Å². The molecular formula is C20H22N2O2. The topological polar surface area (TPSA) is 47.3 Å². The van der Waals surface area contributed by atoms with Crippen LogP contribution in [-0.2, 0) is 0 Å². The van der Waals surface area contributed by atoms with Crippen molar-refractivity contribution in [2.24, 2.45) is 0 Å². The molecule has 0 bridgehead atoms. The molecule has 0 aliphatic heterocycles. The monoisotopic (exact) mass is 322 g/mol. The number of hydrogen-bond donors (Lipinski definition) is 1. The number of aryl methyl sites for hydroxylation is 2. The van der Waals surface area contributed by atoms with Gasteiger partial charge in [-0.3, -0.25) is 4.68 Å². The molecule has 3 aromatic rings. The van der Waals surface area contributed by atoms with Crippen LogP contribution in [0.2, 0.25) is 0 Å². The SMILES string of the molecule is COc1ccc([C@@H](O)[C@@H](c2ccccc2)n2nc(C)cc2C)cc1. The molecule has 3 rings (SSSR count). The van der Waals surface area contributed by atoms with Crippen LogP contribution in [0.25, 0.3) is 0 Å². The zero-order chi connectivity index (χ0) is 17.1. The van der Waals surface area contributed by atoms with Crippen LogP contribution in [0.15, 0.2) is 60.7 Å². The Kier molecular flexibility index (Phi) is 4.67. The van der Waals surface area contributed by atoms with E-state index >= 15 is 0 Å². The fourth-order valence-corrected chi connectivity index (χ4v) is 3.02. The fourth-order valence-electron chi connectivity index (χ4n) is 3.02. The summed E-state index contributed by atoms with van der Waals surface area (Å²) in [7, 11) is 1.63. The molecule has 1 N–H and O–H groups in total. The van der Waals surface area contributed by atoms with Gasteiger partial charge in [0.1, 0.15) is 17.9 Å².